The largest absolute Gasteiger partial charge is 0.457 e. The Labute approximate surface area is 114 Å². The summed E-state index contributed by atoms with van der Waals surface area (Å²) in [5.74, 6) is 2.53. The van der Waals surface area contributed by atoms with E-state index >= 15 is 0 Å². The lowest BCUT2D eigenvalue weighted by molar-refractivity contribution is 0.111. The molecule has 0 spiro atoms. The molecule has 0 bridgehead atoms. The van der Waals surface area contributed by atoms with E-state index in [1.807, 2.05) is 48.5 Å². The molecule has 0 N–H and O–H groups in total. The second kappa shape index (κ2) is 5.89. The molecule has 2 aromatic rings. The van der Waals surface area contributed by atoms with Crippen molar-refractivity contribution in [3.05, 3.63) is 60.2 Å². The quantitative estimate of drug-likeness (QED) is 0.760. The van der Waals surface area contributed by atoms with Gasteiger partial charge in [0.15, 0.2) is 0 Å². The lowest BCUT2D eigenvalue weighted by atomic mass is 10.2. The van der Waals surface area contributed by atoms with Crippen LogP contribution >= 0.6 is 0 Å². The minimum Gasteiger partial charge on any atom is -0.457 e. The SMILES string of the molecule is c1ccc(Oc2cccc(COCC3CC3)c2)cc1. The molecule has 19 heavy (non-hydrogen) atoms. The normalized spacial score (nSPS) is 14.3. The first kappa shape index (κ1) is 12.2. The van der Waals surface area contributed by atoms with Crippen LogP contribution in [0.5, 0.6) is 11.5 Å². The number of benzene rings is 2. The lowest BCUT2D eigenvalue weighted by Gasteiger charge is -2.08. The summed E-state index contributed by atoms with van der Waals surface area (Å²) >= 11 is 0. The van der Waals surface area contributed by atoms with Gasteiger partial charge in [0, 0.05) is 6.61 Å². The highest BCUT2D eigenvalue weighted by atomic mass is 16.5. The van der Waals surface area contributed by atoms with E-state index in [1.165, 1.54) is 12.8 Å². The molecule has 1 saturated carbocycles. The minimum absolute atomic E-state index is 0.669. The van der Waals surface area contributed by atoms with Crippen LogP contribution in [0.2, 0.25) is 0 Å². The predicted octanol–water partition coefficient (Wildman–Crippen LogP) is 4.41. The van der Waals surface area contributed by atoms with E-state index in [4.69, 9.17) is 9.47 Å². The van der Waals surface area contributed by atoms with Gasteiger partial charge in [-0.15, -0.1) is 0 Å². The fourth-order valence-electron chi connectivity index (χ4n) is 1.95. The molecule has 0 amide bonds. The monoisotopic (exact) mass is 254 g/mol. The van der Waals surface area contributed by atoms with Crippen molar-refractivity contribution >= 4 is 0 Å². The summed E-state index contributed by atoms with van der Waals surface area (Å²) in [5.41, 5.74) is 1.16. The van der Waals surface area contributed by atoms with Crippen LogP contribution in [-0.4, -0.2) is 6.61 Å². The molecule has 0 aliphatic heterocycles. The second-order valence-electron chi connectivity index (χ2n) is 5.02. The van der Waals surface area contributed by atoms with E-state index < -0.39 is 0 Å². The molecule has 0 saturated heterocycles. The smallest absolute Gasteiger partial charge is 0.127 e. The molecule has 0 heterocycles. The van der Waals surface area contributed by atoms with Crippen molar-refractivity contribution in [3.63, 3.8) is 0 Å². The number of ether oxygens (including phenoxy) is 2. The topological polar surface area (TPSA) is 18.5 Å². The van der Waals surface area contributed by atoms with Crippen LogP contribution in [0.15, 0.2) is 54.6 Å². The van der Waals surface area contributed by atoms with E-state index in [-0.39, 0.29) is 0 Å². The molecule has 98 valence electrons. The zero-order chi connectivity index (χ0) is 12.9. The summed E-state index contributed by atoms with van der Waals surface area (Å²) in [6, 6.07) is 17.9. The van der Waals surface area contributed by atoms with Crippen molar-refractivity contribution in [2.75, 3.05) is 6.61 Å². The van der Waals surface area contributed by atoms with E-state index in [1.54, 1.807) is 0 Å². The molecule has 1 aliphatic carbocycles. The van der Waals surface area contributed by atoms with Gasteiger partial charge in [0.05, 0.1) is 6.61 Å². The molecule has 2 nitrogen and oxygen atoms in total. The van der Waals surface area contributed by atoms with Crippen LogP contribution in [0.1, 0.15) is 18.4 Å². The average molecular weight is 254 g/mol. The Morgan fingerprint density at radius 3 is 2.47 bits per heavy atom. The second-order valence-corrected chi connectivity index (χ2v) is 5.02. The van der Waals surface area contributed by atoms with Crippen LogP contribution in [0, 0.1) is 5.92 Å². The third kappa shape index (κ3) is 3.83. The van der Waals surface area contributed by atoms with Gasteiger partial charge in [-0.1, -0.05) is 30.3 Å². The van der Waals surface area contributed by atoms with E-state index in [9.17, 15) is 0 Å². The maximum Gasteiger partial charge on any atom is 0.127 e. The van der Waals surface area contributed by atoms with Gasteiger partial charge in [0.2, 0.25) is 0 Å². The molecule has 0 aromatic heterocycles. The van der Waals surface area contributed by atoms with Gasteiger partial charge in [0.25, 0.3) is 0 Å². The third-order valence-electron chi connectivity index (χ3n) is 3.20. The molecule has 0 unspecified atom stereocenters. The molecular formula is C17H18O2. The van der Waals surface area contributed by atoms with Crippen LogP contribution in [-0.2, 0) is 11.3 Å². The van der Waals surface area contributed by atoms with Gasteiger partial charge < -0.3 is 9.47 Å². The van der Waals surface area contributed by atoms with Crippen molar-refractivity contribution in [2.24, 2.45) is 5.92 Å². The van der Waals surface area contributed by atoms with Crippen molar-refractivity contribution in [1.82, 2.24) is 0 Å². The molecular weight excluding hydrogens is 236 g/mol. The van der Waals surface area contributed by atoms with Gasteiger partial charge >= 0.3 is 0 Å². The van der Waals surface area contributed by atoms with Gasteiger partial charge in [-0.25, -0.2) is 0 Å². The molecule has 1 aliphatic rings. The molecule has 0 radical (unpaired) electrons. The Morgan fingerprint density at radius 2 is 1.68 bits per heavy atom. The average Bonchev–Trinajstić information content (AvgIpc) is 3.25. The van der Waals surface area contributed by atoms with Crippen molar-refractivity contribution < 1.29 is 9.47 Å². The Kier molecular flexibility index (Phi) is 3.80. The molecule has 2 heteroatoms. The van der Waals surface area contributed by atoms with E-state index in [0.29, 0.717) is 6.61 Å². The number of hydrogen-bond acceptors (Lipinski definition) is 2. The van der Waals surface area contributed by atoms with Crippen LogP contribution in [0.4, 0.5) is 0 Å². The highest BCUT2D eigenvalue weighted by Gasteiger charge is 2.20. The lowest BCUT2D eigenvalue weighted by Crippen LogP contribution is -1.97. The van der Waals surface area contributed by atoms with Gasteiger partial charge in [-0.3, -0.25) is 0 Å². The van der Waals surface area contributed by atoms with Crippen LogP contribution < -0.4 is 4.74 Å². The molecule has 2 aromatic carbocycles. The Morgan fingerprint density at radius 1 is 0.895 bits per heavy atom. The summed E-state index contributed by atoms with van der Waals surface area (Å²) in [6.07, 6.45) is 2.66. The van der Waals surface area contributed by atoms with Gasteiger partial charge in [0.1, 0.15) is 11.5 Å². The highest BCUT2D eigenvalue weighted by molar-refractivity contribution is 5.33. The third-order valence-corrected chi connectivity index (χ3v) is 3.20. The number of hydrogen-bond donors (Lipinski definition) is 0. The first-order chi connectivity index (χ1) is 9.40. The summed E-state index contributed by atoms with van der Waals surface area (Å²) in [7, 11) is 0. The number of para-hydroxylation sites is 1. The Bertz CT molecular complexity index is 518. The minimum atomic E-state index is 0.669. The Hall–Kier alpha value is -1.80. The predicted molar refractivity (Wildman–Crippen MR) is 75.3 cm³/mol. The fraction of sp³-hybridized carbons (Fsp3) is 0.294. The van der Waals surface area contributed by atoms with Crippen molar-refractivity contribution in [1.29, 1.82) is 0 Å². The highest BCUT2D eigenvalue weighted by Crippen LogP contribution is 2.29. The zero-order valence-corrected chi connectivity index (χ0v) is 10.9. The Balaban J connectivity index is 1.58. The molecule has 1 fully saturated rings. The molecule has 3 rings (SSSR count). The summed E-state index contributed by atoms with van der Waals surface area (Å²) < 4.78 is 11.5. The van der Waals surface area contributed by atoms with E-state index in [0.717, 1.165) is 29.6 Å². The van der Waals surface area contributed by atoms with Crippen molar-refractivity contribution in [3.8, 4) is 11.5 Å². The first-order valence-electron chi connectivity index (χ1n) is 6.80. The fourth-order valence-corrected chi connectivity index (χ4v) is 1.95. The maximum absolute atomic E-state index is 5.80. The maximum atomic E-state index is 5.80. The van der Waals surface area contributed by atoms with Crippen LogP contribution in [0.25, 0.3) is 0 Å². The van der Waals surface area contributed by atoms with Crippen LogP contribution in [0.3, 0.4) is 0 Å². The summed E-state index contributed by atoms with van der Waals surface area (Å²) in [4.78, 5) is 0. The zero-order valence-electron chi connectivity index (χ0n) is 10.9. The standard InChI is InChI=1S/C17H18O2/c1-2-6-16(7-3-1)19-17-8-4-5-15(11-17)13-18-12-14-9-10-14/h1-8,11,14H,9-10,12-13H2. The first-order valence-corrected chi connectivity index (χ1v) is 6.80. The van der Waals surface area contributed by atoms with Gasteiger partial charge in [-0.05, 0) is 48.6 Å². The molecule has 0 atom stereocenters. The number of rotatable bonds is 6. The summed E-state index contributed by atoms with van der Waals surface area (Å²) in [5, 5.41) is 0. The summed E-state index contributed by atoms with van der Waals surface area (Å²) in [6.45, 7) is 1.56. The van der Waals surface area contributed by atoms with Gasteiger partial charge in [-0.2, -0.15) is 0 Å². The van der Waals surface area contributed by atoms with Crippen molar-refractivity contribution in [2.45, 2.75) is 19.4 Å². The van der Waals surface area contributed by atoms with E-state index in [2.05, 4.69) is 6.07 Å².